The van der Waals surface area contributed by atoms with Gasteiger partial charge >= 0.3 is 0 Å². The second-order valence-electron chi connectivity index (χ2n) is 4.66. The maximum Gasteiger partial charge on any atom is 0.0781 e. The van der Waals surface area contributed by atoms with Gasteiger partial charge in [-0.15, -0.1) is 0 Å². The minimum Gasteiger partial charge on any atom is -0.389 e. The van der Waals surface area contributed by atoms with Crippen LogP contribution in [0.3, 0.4) is 0 Å². The molecule has 3 heteroatoms. The third-order valence-electron chi connectivity index (χ3n) is 3.55. The number of hydrogen-bond donors (Lipinski definition) is 1. The molecule has 1 aromatic carbocycles. The first-order valence-corrected chi connectivity index (χ1v) is 6.46. The van der Waals surface area contributed by atoms with E-state index in [0.717, 1.165) is 38.3 Å². The minimum atomic E-state index is -0.393. The monoisotopic (exact) mass is 234 g/mol. The predicted octanol–water partition coefficient (Wildman–Crippen LogP) is 1.88. The van der Waals surface area contributed by atoms with Crippen LogP contribution in [0.4, 0.5) is 5.69 Å². The lowest BCUT2D eigenvalue weighted by Crippen LogP contribution is -2.46. The Hall–Kier alpha value is -1.06. The molecule has 0 aliphatic carbocycles. The van der Waals surface area contributed by atoms with Gasteiger partial charge in [-0.3, -0.25) is 0 Å². The average molecular weight is 234 g/mol. The highest BCUT2D eigenvalue weighted by molar-refractivity contribution is 5.54. The molecule has 1 N–H and O–H groups in total. The van der Waals surface area contributed by atoms with Gasteiger partial charge in [0.2, 0.25) is 0 Å². The summed E-state index contributed by atoms with van der Waals surface area (Å²) in [5.41, 5.74) is 2.23. The summed E-state index contributed by atoms with van der Waals surface area (Å²) in [6.45, 7) is 9.51. The molecule has 94 valence electrons. The van der Waals surface area contributed by atoms with Crippen LogP contribution in [0.2, 0.25) is 0 Å². The Bertz CT molecular complexity index is 357. The van der Waals surface area contributed by atoms with Crippen LogP contribution in [0, 0.1) is 0 Å². The second kappa shape index (κ2) is 5.52. The molecule has 1 atom stereocenters. The number of likely N-dealkylation sites (N-methyl/N-ethyl adjacent to an activating group) is 1. The summed E-state index contributed by atoms with van der Waals surface area (Å²) < 4.78 is 0. The Kier molecular flexibility index (Phi) is 4.02. The van der Waals surface area contributed by atoms with Crippen LogP contribution in [0.25, 0.3) is 0 Å². The minimum absolute atomic E-state index is 0.393. The van der Waals surface area contributed by atoms with E-state index in [1.54, 1.807) is 0 Å². The molecule has 1 aliphatic heterocycles. The number of aliphatic hydroxyl groups excluding tert-OH is 1. The molecule has 0 spiro atoms. The quantitative estimate of drug-likeness (QED) is 0.865. The van der Waals surface area contributed by atoms with Gasteiger partial charge in [0.1, 0.15) is 0 Å². The van der Waals surface area contributed by atoms with Gasteiger partial charge in [0.25, 0.3) is 0 Å². The summed E-state index contributed by atoms with van der Waals surface area (Å²) in [6, 6.07) is 8.18. The molecule has 1 fully saturated rings. The predicted molar refractivity (Wildman–Crippen MR) is 71.4 cm³/mol. The smallest absolute Gasteiger partial charge is 0.0781 e. The molecular formula is C14H22N2O. The highest BCUT2D eigenvalue weighted by atomic mass is 16.3. The standard InChI is InChI=1S/C14H22N2O/c1-3-15-8-10-16(11-9-15)14-7-5-4-6-13(14)12(2)17/h4-7,12,17H,3,8-11H2,1-2H3/t12-/m1/s1. The molecule has 17 heavy (non-hydrogen) atoms. The number of hydrogen-bond acceptors (Lipinski definition) is 3. The average Bonchev–Trinajstić information content (AvgIpc) is 2.39. The third kappa shape index (κ3) is 2.79. The van der Waals surface area contributed by atoms with Crippen molar-refractivity contribution < 1.29 is 5.11 Å². The SMILES string of the molecule is CCN1CCN(c2ccccc2[C@@H](C)O)CC1. The number of piperazine rings is 1. The van der Waals surface area contributed by atoms with Gasteiger partial charge in [0.15, 0.2) is 0 Å². The zero-order valence-corrected chi connectivity index (χ0v) is 10.8. The van der Waals surface area contributed by atoms with Crippen molar-refractivity contribution in [2.75, 3.05) is 37.6 Å². The molecule has 2 rings (SSSR count). The van der Waals surface area contributed by atoms with Crippen molar-refractivity contribution in [3.05, 3.63) is 29.8 Å². The summed E-state index contributed by atoms with van der Waals surface area (Å²) in [6.07, 6.45) is -0.393. The van der Waals surface area contributed by atoms with Gasteiger partial charge < -0.3 is 14.9 Å². The van der Waals surface area contributed by atoms with Gasteiger partial charge in [0, 0.05) is 37.4 Å². The highest BCUT2D eigenvalue weighted by Crippen LogP contribution is 2.26. The van der Waals surface area contributed by atoms with Crippen LogP contribution >= 0.6 is 0 Å². The fourth-order valence-electron chi connectivity index (χ4n) is 2.43. The Balaban J connectivity index is 2.13. The first kappa shape index (κ1) is 12.4. The molecule has 0 saturated carbocycles. The van der Waals surface area contributed by atoms with E-state index in [1.807, 2.05) is 25.1 Å². The molecule has 0 radical (unpaired) electrons. The fourth-order valence-corrected chi connectivity index (χ4v) is 2.43. The fraction of sp³-hybridized carbons (Fsp3) is 0.571. The van der Waals surface area contributed by atoms with Crippen LogP contribution in [0.5, 0.6) is 0 Å². The number of aliphatic hydroxyl groups is 1. The molecule has 0 bridgehead atoms. The van der Waals surface area contributed by atoms with Crippen LogP contribution in [0.1, 0.15) is 25.5 Å². The van der Waals surface area contributed by atoms with Crippen LogP contribution in [-0.2, 0) is 0 Å². The molecule has 1 saturated heterocycles. The first-order valence-electron chi connectivity index (χ1n) is 6.46. The normalized spacial score (nSPS) is 19.4. The van der Waals surface area contributed by atoms with Crippen LogP contribution < -0.4 is 4.90 Å². The maximum absolute atomic E-state index is 9.80. The van der Waals surface area contributed by atoms with E-state index in [1.165, 1.54) is 5.69 Å². The van der Waals surface area contributed by atoms with Crippen LogP contribution in [-0.4, -0.2) is 42.7 Å². The van der Waals surface area contributed by atoms with E-state index < -0.39 is 6.10 Å². The number of anilines is 1. The molecule has 0 unspecified atom stereocenters. The number of benzene rings is 1. The lowest BCUT2D eigenvalue weighted by Gasteiger charge is -2.36. The lowest BCUT2D eigenvalue weighted by molar-refractivity contribution is 0.199. The molecule has 1 aromatic rings. The zero-order chi connectivity index (χ0) is 12.3. The van der Waals surface area contributed by atoms with E-state index >= 15 is 0 Å². The molecule has 1 aliphatic rings. The Labute approximate surface area is 104 Å². The maximum atomic E-state index is 9.80. The summed E-state index contributed by atoms with van der Waals surface area (Å²) in [5.74, 6) is 0. The van der Waals surface area contributed by atoms with Crippen molar-refractivity contribution in [1.29, 1.82) is 0 Å². The molecule has 0 amide bonds. The summed E-state index contributed by atoms with van der Waals surface area (Å²) >= 11 is 0. The second-order valence-corrected chi connectivity index (χ2v) is 4.66. The van der Waals surface area contributed by atoms with E-state index in [4.69, 9.17) is 0 Å². The van der Waals surface area contributed by atoms with Crippen molar-refractivity contribution in [2.45, 2.75) is 20.0 Å². The zero-order valence-electron chi connectivity index (χ0n) is 10.8. The summed E-state index contributed by atoms with van der Waals surface area (Å²) in [5, 5.41) is 9.80. The Morgan fingerprint density at radius 3 is 2.41 bits per heavy atom. The van der Waals surface area contributed by atoms with Crippen molar-refractivity contribution in [2.24, 2.45) is 0 Å². The number of rotatable bonds is 3. The molecule has 1 heterocycles. The van der Waals surface area contributed by atoms with Crippen LogP contribution in [0.15, 0.2) is 24.3 Å². The van der Waals surface area contributed by atoms with Crippen molar-refractivity contribution in [1.82, 2.24) is 4.90 Å². The van der Waals surface area contributed by atoms with E-state index in [2.05, 4.69) is 22.8 Å². The van der Waals surface area contributed by atoms with Gasteiger partial charge in [-0.05, 0) is 19.5 Å². The van der Waals surface area contributed by atoms with E-state index in [-0.39, 0.29) is 0 Å². The number of para-hydroxylation sites is 1. The molecular weight excluding hydrogens is 212 g/mol. The Morgan fingerprint density at radius 1 is 1.18 bits per heavy atom. The topological polar surface area (TPSA) is 26.7 Å². The van der Waals surface area contributed by atoms with Crippen molar-refractivity contribution in [3.8, 4) is 0 Å². The highest BCUT2D eigenvalue weighted by Gasteiger charge is 2.18. The van der Waals surface area contributed by atoms with E-state index in [9.17, 15) is 5.11 Å². The lowest BCUT2D eigenvalue weighted by atomic mass is 10.1. The van der Waals surface area contributed by atoms with Gasteiger partial charge in [-0.1, -0.05) is 25.1 Å². The van der Waals surface area contributed by atoms with Crippen molar-refractivity contribution in [3.63, 3.8) is 0 Å². The van der Waals surface area contributed by atoms with Gasteiger partial charge in [0.05, 0.1) is 6.10 Å². The van der Waals surface area contributed by atoms with E-state index in [0.29, 0.717) is 0 Å². The van der Waals surface area contributed by atoms with Gasteiger partial charge in [-0.2, -0.15) is 0 Å². The summed E-state index contributed by atoms with van der Waals surface area (Å²) in [7, 11) is 0. The molecule has 3 nitrogen and oxygen atoms in total. The first-order chi connectivity index (χ1) is 8.22. The summed E-state index contributed by atoms with van der Waals surface area (Å²) in [4.78, 5) is 4.84. The molecule has 0 aromatic heterocycles. The van der Waals surface area contributed by atoms with Crippen molar-refractivity contribution >= 4 is 5.69 Å². The van der Waals surface area contributed by atoms with Gasteiger partial charge in [-0.25, -0.2) is 0 Å². The largest absolute Gasteiger partial charge is 0.389 e. The Morgan fingerprint density at radius 2 is 1.82 bits per heavy atom. The third-order valence-corrected chi connectivity index (χ3v) is 3.55. The number of nitrogens with zero attached hydrogens (tertiary/aromatic N) is 2.